The Morgan fingerprint density at radius 2 is 2.08 bits per heavy atom. The van der Waals surface area contributed by atoms with Gasteiger partial charge in [0.25, 0.3) is 5.91 Å². The van der Waals surface area contributed by atoms with Crippen molar-refractivity contribution in [3.8, 4) is 0 Å². The molecule has 0 radical (unpaired) electrons. The van der Waals surface area contributed by atoms with Gasteiger partial charge in [0, 0.05) is 25.9 Å². The molecule has 0 aromatic carbocycles. The Morgan fingerprint density at radius 1 is 1.36 bits per heavy atom. The van der Waals surface area contributed by atoms with Gasteiger partial charge in [-0.1, -0.05) is 19.3 Å². The molecule has 1 atom stereocenters. The molecule has 1 saturated heterocycles. The van der Waals surface area contributed by atoms with Crippen LogP contribution in [0, 0.1) is 6.92 Å². The molecular weight excluding hydrogens is 318 g/mol. The average Bonchev–Trinajstić information content (AvgIpc) is 2.95. The zero-order chi connectivity index (χ0) is 18.0. The van der Waals surface area contributed by atoms with E-state index < -0.39 is 0 Å². The predicted molar refractivity (Wildman–Crippen MR) is 95.8 cm³/mol. The number of methoxy groups -OCH3 is 1. The highest BCUT2D eigenvalue weighted by Gasteiger charge is 2.37. The van der Waals surface area contributed by atoms with Crippen molar-refractivity contribution in [3.05, 3.63) is 17.5 Å². The molecule has 25 heavy (non-hydrogen) atoms. The van der Waals surface area contributed by atoms with Crippen LogP contribution in [0.15, 0.2) is 6.20 Å². The third-order valence-electron chi connectivity index (χ3n) is 5.32. The maximum absolute atomic E-state index is 13.1. The lowest BCUT2D eigenvalue weighted by Crippen LogP contribution is -2.55. The second-order valence-electron chi connectivity index (χ2n) is 8.02. The van der Waals surface area contributed by atoms with Crippen LogP contribution in [0.5, 0.6) is 0 Å². The summed E-state index contributed by atoms with van der Waals surface area (Å²) in [7, 11) is 1.66. The summed E-state index contributed by atoms with van der Waals surface area (Å²) < 4.78 is 13.3. The van der Waals surface area contributed by atoms with Gasteiger partial charge in [-0.2, -0.15) is 5.10 Å². The number of carbonyl (C=O) groups is 1. The fraction of sp³-hybridized carbons (Fsp3) is 0.789. The predicted octanol–water partition coefficient (Wildman–Crippen LogP) is 2.96. The summed E-state index contributed by atoms with van der Waals surface area (Å²) in [5, 5.41) is 4.56. The van der Waals surface area contributed by atoms with E-state index in [1.807, 2.05) is 25.7 Å². The van der Waals surface area contributed by atoms with Gasteiger partial charge in [-0.25, -0.2) is 0 Å². The first-order chi connectivity index (χ1) is 11.9. The van der Waals surface area contributed by atoms with Crippen molar-refractivity contribution >= 4 is 5.91 Å². The molecule has 0 N–H and O–H groups in total. The first kappa shape index (κ1) is 18.4. The second-order valence-corrected chi connectivity index (χ2v) is 8.02. The molecule has 2 fully saturated rings. The van der Waals surface area contributed by atoms with Crippen LogP contribution in [0.4, 0.5) is 0 Å². The van der Waals surface area contributed by atoms with Crippen LogP contribution >= 0.6 is 0 Å². The van der Waals surface area contributed by atoms with Crippen molar-refractivity contribution in [2.75, 3.05) is 26.8 Å². The number of ether oxygens (including phenoxy) is 2. The lowest BCUT2D eigenvalue weighted by Gasteiger charge is -2.42. The van der Waals surface area contributed by atoms with Crippen LogP contribution < -0.4 is 0 Å². The van der Waals surface area contributed by atoms with Gasteiger partial charge in [0.05, 0.1) is 36.1 Å². The van der Waals surface area contributed by atoms with Crippen LogP contribution in [0.3, 0.4) is 0 Å². The first-order valence-electron chi connectivity index (χ1n) is 9.41. The van der Waals surface area contributed by atoms with Crippen molar-refractivity contribution in [2.45, 2.75) is 70.6 Å². The summed E-state index contributed by atoms with van der Waals surface area (Å²) in [4.78, 5) is 15.0. The van der Waals surface area contributed by atoms with Crippen molar-refractivity contribution in [1.29, 1.82) is 0 Å². The maximum Gasteiger partial charge on any atom is 0.257 e. The van der Waals surface area contributed by atoms with Gasteiger partial charge in [-0.15, -0.1) is 0 Å². The van der Waals surface area contributed by atoms with Crippen molar-refractivity contribution < 1.29 is 14.3 Å². The molecule has 1 aromatic rings. The van der Waals surface area contributed by atoms with Crippen LogP contribution in [0.1, 0.15) is 68.0 Å². The minimum absolute atomic E-state index is 0.0528. The van der Waals surface area contributed by atoms with Crippen molar-refractivity contribution in [1.82, 2.24) is 14.7 Å². The Balaban J connectivity index is 1.77. The number of hydrogen-bond donors (Lipinski definition) is 0. The highest BCUT2D eigenvalue weighted by Crippen LogP contribution is 2.30. The number of hydrogen-bond acceptors (Lipinski definition) is 4. The molecule has 1 aliphatic carbocycles. The fourth-order valence-corrected chi connectivity index (χ4v) is 4.22. The second kappa shape index (κ2) is 7.46. The highest BCUT2D eigenvalue weighted by atomic mass is 16.5. The quantitative estimate of drug-likeness (QED) is 0.838. The first-order valence-corrected chi connectivity index (χ1v) is 9.41. The number of morpholine rings is 1. The van der Waals surface area contributed by atoms with E-state index in [2.05, 4.69) is 9.78 Å². The van der Waals surface area contributed by atoms with Crippen LogP contribution in [-0.4, -0.2) is 59.1 Å². The summed E-state index contributed by atoms with van der Waals surface area (Å²) >= 11 is 0. The van der Waals surface area contributed by atoms with E-state index >= 15 is 0 Å². The number of carbonyl (C=O) groups excluding carboxylic acids is 1. The molecular formula is C19H31N3O3. The van der Waals surface area contributed by atoms with E-state index in [-0.39, 0.29) is 17.6 Å². The van der Waals surface area contributed by atoms with E-state index in [1.54, 1.807) is 13.3 Å². The largest absolute Gasteiger partial charge is 0.382 e. The third kappa shape index (κ3) is 4.06. The van der Waals surface area contributed by atoms with E-state index in [1.165, 1.54) is 19.3 Å². The van der Waals surface area contributed by atoms with Crippen LogP contribution in [0.2, 0.25) is 0 Å². The normalized spacial score (nSPS) is 24.5. The molecule has 0 spiro atoms. The number of aromatic nitrogens is 2. The molecule has 2 aliphatic rings. The van der Waals surface area contributed by atoms with E-state index in [4.69, 9.17) is 9.47 Å². The van der Waals surface area contributed by atoms with Crippen molar-refractivity contribution in [2.24, 2.45) is 0 Å². The fourth-order valence-electron chi connectivity index (χ4n) is 4.22. The SMILES string of the molecule is COC[C@H]1CN(C(=O)c2cnn(C3CCCCC3)c2C)CC(C)(C)O1. The molecule has 1 saturated carbocycles. The van der Waals surface area contributed by atoms with E-state index in [0.29, 0.717) is 25.7 Å². The minimum Gasteiger partial charge on any atom is -0.382 e. The molecule has 6 nitrogen and oxygen atoms in total. The van der Waals surface area contributed by atoms with Gasteiger partial charge in [0.15, 0.2) is 0 Å². The molecule has 1 aliphatic heterocycles. The van der Waals surface area contributed by atoms with Crippen LogP contribution in [0.25, 0.3) is 0 Å². The lowest BCUT2D eigenvalue weighted by atomic mass is 9.95. The monoisotopic (exact) mass is 349 g/mol. The van der Waals surface area contributed by atoms with E-state index in [0.717, 1.165) is 24.1 Å². The Bertz CT molecular complexity index is 605. The number of rotatable bonds is 4. The summed E-state index contributed by atoms with van der Waals surface area (Å²) in [6.45, 7) is 7.70. The van der Waals surface area contributed by atoms with Crippen molar-refractivity contribution in [3.63, 3.8) is 0 Å². The summed E-state index contributed by atoms with van der Waals surface area (Å²) in [6, 6.07) is 0.442. The van der Waals surface area contributed by atoms with Crippen LogP contribution in [-0.2, 0) is 9.47 Å². The van der Waals surface area contributed by atoms with Gasteiger partial charge in [0.1, 0.15) is 0 Å². The molecule has 1 aromatic heterocycles. The highest BCUT2D eigenvalue weighted by molar-refractivity contribution is 5.95. The number of amides is 1. The van der Waals surface area contributed by atoms with Gasteiger partial charge < -0.3 is 14.4 Å². The molecule has 1 amide bonds. The molecule has 0 bridgehead atoms. The van der Waals surface area contributed by atoms with E-state index in [9.17, 15) is 4.79 Å². The minimum atomic E-state index is -0.371. The Hall–Kier alpha value is -1.40. The van der Waals surface area contributed by atoms with Gasteiger partial charge >= 0.3 is 0 Å². The average molecular weight is 349 g/mol. The standard InChI is InChI=1S/C19H31N3O3/c1-14-17(10-20-22(14)15-8-6-5-7-9-15)18(23)21-11-16(12-24-4)25-19(2,3)13-21/h10,15-16H,5-9,11-13H2,1-4H3/t16-/m1/s1. The molecule has 3 rings (SSSR count). The number of nitrogens with zero attached hydrogens (tertiary/aromatic N) is 3. The maximum atomic E-state index is 13.1. The molecule has 0 unspecified atom stereocenters. The zero-order valence-corrected chi connectivity index (χ0v) is 16.0. The lowest BCUT2D eigenvalue weighted by molar-refractivity contribution is -0.143. The Labute approximate surface area is 150 Å². The summed E-state index contributed by atoms with van der Waals surface area (Å²) in [5.74, 6) is 0.0528. The summed E-state index contributed by atoms with van der Waals surface area (Å²) in [5.41, 5.74) is 1.34. The smallest absolute Gasteiger partial charge is 0.257 e. The molecule has 6 heteroatoms. The third-order valence-corrected chi connectivity index (χ3v) is 5.32. The summed E-state index contributed by atoms with van der Waals surface area (Å²) in [6.07, 6.45) is 7.80. The molecule has 140 valence electrons. The Kier molecular flexibility index (Phi) is 5.49. The topological polar surface area (TPSA) is 56.6 Å². The van der Waals surface area contributed by atoms with Gasteiger partial charge in [-0.3, -0.25) is 9.48 Å². The Morgan fingerprint density at radius 3 is 2.76 bits per heavy atom. The van der Waals surface area contributed by atoms with Gasteiger partial charge in [0.2, 0.25) is 0 Å². The molecule has 2 heterocycles. The zero-order valence-electron chi connectivity index (χ0n) is 16.0. The van der Waals surface area contributed by atoms with Gasteiger partial charge in [-0.05, 0) is 33.6 Å².